The molecule has 0 saturated heterocycles. The topological polar surface area (TPSA) is 74.0 Å². The summed E-state index contributed by atoms with van der Waals surface area (Å²) in [5, 5.41) is 11.9. The van der Waals surface area contributed by atoms with Crippen molar-refractivity contribution in [3.05, 3.63) is 53.5 Å². The second-order valence-corrected chi connectivity index (χ2v) is 7.33. The summed E-state index contributed by atoms with van der Waals surface area (Å²) < 4.78 is 9.62. The van der Waals surface area contributed by atoms with E-state index in [2.05, 4.69) is 15.5 Å². The lowest BCUT2D eigenvalue weighted by Gasteiger charge is -2.24. The van der Waals surface area contributed by atoms with Crippen LogP contribution in [0.2, 0.25) is 0 Å². The molecule has 0 atom stereocenters. The van der Waals surface area contributed by atoms with Crippen LogP contribution in [-0.4, -0.2) is 31.1 Å². The smallest absolute Gasteiger partial charge is 0.268 e. The van der Waals surface area contributed by atoms with Gasteiger partial charge in [0.05, 0.1) is 22.8 Å². The maximum absolute atomic E-state index is 12.9. The Hall–Kier alpha value is -3.09. The molecule has 0 saturated carbocycles. The molecule has 7 heteroatoms. The fourth-order valence-corrected chi connectivity index (χ4v) is 3.00. The van der Waals surface area contributed by atoms with Gasteiger partial charge in [0.2, 0.25) is 5.88 Å². The fraction of sp³-hybridized carbons (Fsp3) is 0.381. The minimum absolute atomic E-state index is 0.247. The second kappa shape index (κ2) is 7.50. The Morgan fingerprint density at radius 3 is 2.43 bits per heavy atom. The molecule has 28 heavy (non-hydrogen) atoms. The van der Waals surface area contributed by atoms with Crippen molar-refractivity contribution >= 4 is 11.6 Å². The van der Waals surface area contributed by atoms with Crippen LogP contribution in [0.5, 0.6) is 5.88 Å². The lowest BCUT2D eigenvalue weighted by Crippen LogP contribution is -2.43. The number of benzene rings is 1. The molecule has 0 bridgehead atoms. The molecular formula is C21H27N5O2. The van der Waals surface area contributed by atoms with Crippen molar-refractivity contribution in [3.8, 4) is 11.6 Å². The van der Waals surface area contributed by atoms with Crippen molar-refractivity contribution in [2.24, 2.45) is 0 Å². The fourth-order valence-electron chi connectivity index (χ4n) is 3.00. The number of para-hydroxylation sites is 1. The number of anilines is 1. The lowest BCUT2D eigenvalue weighted by molar-refractivity contribution is -0.128. The van der Waals surface area contributed by atoms with E-state index < -0.39 is 5.60 Å². The molecule has 2 heterocycles. The average Bonchev–Trinajstić information content (AvgIpc) is 3.16. The van der Waals surface area contributed by atoms with E-state index in [1.54, 1.807) is 18.5 Å². The van der Waals surface area contributed by atoms with Crippen molar-refractivity contribution in [1.82, 2.24) is 19.6 Å². The van der Waals surface area contributed by atoms with Gasteiger partial charge in [-0.15, -0.1) is 5.10 Å². The Morgan fingerprint density at radius 2 is 1.82 bits per heavy atom. The summed E-state index contributed by atoms with van der Waals surface area (Å²) in [5.41, 5.74) is 3.13. The third-order valence-corrected chi connectivity index (χ3v) is 4.69. The first kappa shape index (κ1) is 19.7. The number of rotatable bonds is 6. The van der Waals surface area contributed by atoms with Gasteiger partial charge in [0.25, 0.3) is 5.91 Å². The van der Waals surface area contributed by atoms with E-state index in [4.69, 9.17) is 4.74 Å². The number of carbonyl (C=O) groups excluding carboxylic acids is 1. The van der Waals surface area contributed by atoms with E-state index in [-0.39, 0.29) is 5.91 Å². The summed E-state index contributed by atoms with van der Waals surface area (Å²) in [4.78, 5) is 12.9. The van der Waals surface area contributed by atoms with Crippen LogP contribution < -0.4 is 10.1 Å². The number of nitrogens with zero attached hydrogens (tertiary/aromatic N) is 4. The normalized spacial score (nSPS) is 11.5. The van der Waals surface area contributed by atoms with E-state index in [0.29, 0.717) is 5.88 Å². The predicted octanol–water partition coefficient (Wildman–Crippen LogP) is 3.81. The molecule has 0 fully saturated rings. The highest BCUT2D eigenvalue weighted by Crippen LogP contribution is 2.25. The van der Waals surface area contributed by atoms with Crippen molar-refractivity contribution in [1.29, 1.82) is 0 Å². The van der Waals surface area contributed by atoms with Crippen LogP contribution in [-0.2, 0) is 11.3 Å². The summed E-state index contributed by atoms with van der Waals surface area (Å²) in [5.74, 6) is 0.185. The number of amides is 1. The molecule has 0 aliphatic rings. The summed E-state index contributed by atoms with van der Waals surface area (Å²) in [7, 11) is 0. The molecule has 0 spiro atoms. The van der Waals surface area contributed by atoms with Gasteiger partial charge in [-0.2, -0.15) is 5.10 Å². The van der Waals surface area contributed by atoms with Crippen LogP contribution in [0.15, 0.2) is 36.5 Å². The minimum Gasteiger partial charge on any atom is -0.460 e. The molecule has 7 nitrogen and oxygen atoms in total. The molecule has 2 aromatic heterocycles. The first-order chi connectivity index (χ1) is 13.2. The minimum atomic E-state index is -1.10. The molecule has 148 valence electrons. The van der Waals surface area contributed by atoms with E-state index in [0.717, 1.165) is 34.9 Å². The molecule has 1 aromatic carbocycles. The third-order valence-electron chi connectivity index (χ3n) is 4.69. The van der Waals surface area contributed by atoms with Gasteiger partial charge in [-0.1, -0.05) is 18.2 Å². The highest BCUT2D eigenvalue weighted by Gasteiger charge is 2.33. The quantitative estimate of drug-likeness (QED) is 0.705. The largest absolute Gasteiger partial charge is 0.460 e. The zero-order chi connectivity index (χ0) is 20.5. The number of hydrogen-bond donors (Lipinski definition) is 1. The number of ether oxygens (including phenoxy) is 1. The van der Waals surface area contributed by atoms with Gasteiger partial charge in [0.15, 0.2) is 5.60 Å². The zero-order valence-electron chi connectivity index (χ0n) is 17.3. The Kier molecular flexibility index (Phi) is 5.27. The van der Waals surface area contributed by atoms with Gasteiger partial charge >= 0.3 is 0 Å². The number of aromatic nitrogens is 4. The molecule has 0 unspecified atom stereocenters. The summed E-state index contributed by atoms with van der Waals surface area (Å²) in [6, 6.07) is 9.78. The highest BCUT2D eigenvalue weighted by atomic mass is 16.5. The van der Waals surface area contributed by atoms with Gasteiger partial charge in [-0.3, -0.25) is 9.48 Å². The van der Waals surface area contributed by atoms with Crippen LogP contribution in [0.1, 0.15) is 37.7 Å². The molecular weight excluding hydrogens is 354 g/mol. The van der Waals surface area contributed by atoms with Crippen LogP contribution >= 0.6 is 0 Å². The molecule has 0 radical (unpaired) electrons. The standard InChI is InChI=1S/C21H27N5O2/c1-7-25-16(4)18(15(3)23-25)22-20(27)21(5,6)28-19-14(2)13-26(24-19)17-11-9-8-10-12-17/h8-13H,7H2,1-6H3,(H,22,27). The molecule has 1 amide bonds. The van der Waals surface area contributed by atoms with E-state index in [1.165, 1.54) is 0 Å². The van der Waals surface area contributed by atoms with Crippen LogP contribution in [0.4, 0.5) is 5.69 Å². The first-order valence-electron chi connectivity index (χ1n) is 9.39. The lowest BCUT2D eigenvalue weighted by atomic mass is 10.1. The monoisotopic (exact) mass is 381 g/mol. The van der Waals surface area contributed by atoms with E-state index in [1.807, 2.05) is 68.9 Å². The molecule has 3 rings (SSSR count). The van der Waals surface area contributed by atoms with Crippen molar-refractivity contribution < 1.29 is 9.53 Å². The Balaban J connectivity index is 1.79. The van der Waals surface area contributed by atoms with Gasteiger partial charge in [0.1, 0.15) is 0 Å². The van der Waals surface area contributed by atoms with Crippen LogP contribution in [0.3, 0.4) is 0 Å². The SMILES string of the molecule is CCn1nc(C)c(NC(=O)C(C)(C)Oc2nn(-c3ccccc3)cc2C)c1C. The Morgan fingerprint density at radius 1 is 1.14 bits per heavy atom. The zero-order valence-corrected chi connectivity index (χ0v) is 17.3. The van der Waals surface area contributed by atoms with Crippen molar-refractivity contribution in [2.75, 3.05) is 5.32 Å². The second-order valence-electron chi connectivity index (χ2n) is 7.33. The van der Waals surface area contributed by atoms with Crippen LogP contribution in [0, 0.1) is 20.8 Å². The number of carbonyl (C=O) groups is 1. The van der Waals surface area contributed by atoms with Crippen molar-refractivity contribution in [3.63, 3.8) is 0 Å². The van der Waals surface area contributed by atoms with Gasteiger partial charge < -0.3 is 10.1 Å². The molecule has 3 aromatic rings. The third kappa shape index (κ3) is 3.78. The van der Waals surface area contributed by atoms with Gasteiger partial charge in [-0.05, 0) is 53.7 Å². The molecule has 0 aliphatic carbocycles. The number of nitrogens with one attached hydrogen (secondary N) is 1. The summed E-state index contributed by atoms with van der Waals surface area (Å²) >= 11 is 0. The Bertz CT molecular complexity index is 986. The summed E-state index contributed by atoms with van der Waals surface area (Å²) in [6.45, 7) is 12.0. The Labute approximate surface area is 165 Å². The van der Waals surface area contributed by atoms with Gasteiger partial charge in [-0.25, -0.2) is 4.68 Å². The highest BCUT2D eigenvalue weighted by molar-refractivity contribution is 5.97. The molecule has 0 aliphatic heterocycles. The average molecular weight is 381 g/mol. The number of hydrogen-bond acceptors (Lipinski definition) is 4. The summed E-state index contributed by atoms with van der Waals surface area (Å²) in [6.07, 6.45) is 1.89. The van der Waals surface area contributed by atoms with Crippen LogP contribution in [0.25, 0.3) is 5.69 Å². The first-order valence-corrected chi connectivity index (χ1v) is 9.39. The maximum Gasteiger partial charge on any atom is 0.268 e. The van der Waals surface area contributed by atoms with Crippen molar-refractivity contribution in [2.45, 2.75) is 53.7 Å². The number of aryl methyl sites for hydroxylation is 3. The van der Waals surface area contributed by atoms with Gasteiger partial charge in [0, 0.05) is 18.3 Å². The molecule has 1 N–H and O–H groups in total. The van der Waals surface area contributed by atoms with E-state index in [9.17, 15) is 4.79 Å². The maximum atomic E-state index is 12.9. The van der Waals surface area contributed by atoms with E-state index >= 15 is 0 Å². The predicted molar refractivity (Wildman–Crippen MR) is 109 cm³/mol.